The van der Waals surface area contributed by atoms with Gasteiger partial charge in [0.25, 0.3) is 0 Å². The van der Waals surface area contributed by atoms with Crippen LogP contribution >= 0.6 is 0 Å². The summed E-state index contributed by atoms with van der Waals surface area (Å²) >= 11 is 0. The number of rotatable bonds is 6. The molecule has 13 aromatic rings. The van der Waals surface area contributed by atoms with Crippen molar-refractivity contribution in [2.75, 3.05) is 6.54 Å². The van der Waals surface area contributed by atoms with Gasteiger partial charge in [-0.15, -0.1) is 94.6 Å². The fourth-order valence-electron chi connectivity index (χ4n) is 12.2. The molecule has 1 saturated carbocycles. The maximum Gasteiger partial charge on any atom is 3.00 e. The van der Waals surface area contributed by atoms with Crippen LogP contribution in [-0.2, 0) is 41.2 Å². The van der Waals surface area contributed by atoms with E-state index in [0.717, 1.165) is 98.5 Å². The Morgan fingerprint density at radius 2 is 1.10 bits per heavy atom. The quantitative estimate of drug-likeness (QED) is 0.123. The number of aromatic nitrogens is 7. The SMILES string of the molecule is Cc1cc(C)n(-c2[c-]c3c(cc2)c2ccccc2n3-c2[c-]c3c(cc2)c2ccccc2n3C2=CC3=C(C[N-]2)C2CC(C3)C2(C)C)n1.Fc1c[c-]c(-c2ccccn2)c(F)c1.Fc1c[c-]c(-c2ccccn2)c(F)c1.[Ir+3].[Pt].[c-]1ccccc1-c1ccccn1. The first-order valence-corrected chi connectivity index (χ1v) is 28.4. The van der Waals surface area contributed by atoms with Crippen LogP contribution in [0.5, 0.6) is 0 Å². The smallest absolute Gasteiger partial charge is 0.461 e. The van der Waals surface area contributed by atoms with E-state index in [1.54, 1.807) is 60.6 Å². The van der Waals surface area contributed by atoms with E-state index in [0.29, 0.717) is 22.7 Å². The molecule has 8 nitrogen and oxygen atoms in total. The molecule has 7 heterocycles. The summed E-state index contributed by atoms with van der Waals surface area (Å²) in [6.45, 7) is 9.82. The minimum absolute atomic E-state index is 0. The van der Waals surface area contributed by atoms with Crippen LogP contribution in [0.15, 0.2) is 218 Å². The van der Waals surface area contributed by atoms with E-state index in [1.807, 2.05) is 54.1 Å². The Bertz CT molecular complexity index is 4590. The molecule has 2 atom stereocenters. The summed E-state index contributed by atoms with van der Waals surface area (Å²) < 4.78 is 58.2. The van der Waals surface area contributed by atoms with Gasteiger partial charge < -0.3 is 29.4 Å². The van der Waals surface area contributed by atoms with E-state index < -0.39 is 23.3 Å². The molecule has 2 bridgehead atoms. The first-order chi connectivity index (χ1) is 41.9. The van der Waals surface area contributed by atoms with Crippen LogP contribution in [0.25, 0.3) is 99.9 Å². The predicted octanol–water partition coefficient (Wildman–Crippen LogP) is 18.0. The molecule has 0 spiro atoms. The van der Waals surface area contributed by atoms with E-state index in [2.05, 4.69) is 160 Å². The molecule has 440 valence electrons. The zero-order chi connectivity index (χ0) is 59.1. The van der Waals surface area contributed by atoms with Gasteiger partial charge in [-0.1, -0.05) is 150 Å². The van der Waals surface area contributed by atoms with Gasteiger partial charge in [0.15, 0.2) is 0 Å². The van der Waals surface area contributed by atoms with Crippen LogP contribution in [0.1, 0.15) is 38.1 Å². The van der Waals surface area contributed by atoms with Gasteiger partial charge in [0, 0.05) is 74.1 Å². The Hall–Kier alpha value is -8.86. The summed E-state index contributed by atoms with van der Waals surface area (Å²) in [6, 6.07) is 71.8. The first-order valence-electron chi connectivity index (χ1n) is 28.4. The van der Waals surface area contributed by atoms with Crippen molar-refractivity contribution in [1.29, 1.82) is 0 Å². The molecule has 0 radical (unpaired) electrons. The van der Waals surface area contributed by atoms with E-state index in [-0.39, 0.29) is 52.3 Å². The summed E-state index contributed by atoms with van der Waals surface area (Å²) in [4.78, 5) is 12.1. The van der Waals surface area contributed by atoms with Crippen molar-refractivity contribution in [2.24, 2.45) is 17.3 Å². The molecule has 4 aliphatic rings. The summed E-state index contributed by atoms with van der Waals surface area (Å²) in [5.74, 6) is -0.103. The molecule has 0 saturated heterocycles. The molecular weight excluding hydrogens is 1460 g/mol. The van der Waals surface area contributed by atoms with Crippen molar-refractivity contribution in [2.45, 2.75) is 40.5 Å². The number of allylic oxidation sites excluding steroid dienone is 2. The molecule has 0 amide bonds. The fourth-order valence-corrected chi connectivity index (χ4v) is 12.2. The Morgan fingerprint density at radius 1 is 0.568 bits per heavy atom. The number of halogens is 4. The zero-order valence-electron chi connectivity index (χ0n) is 48.1. The molecule has 6 aromatic heterocycles. The van der Waals surface area contributed by atoms with E-state index in [4.69, 9.17) is 10.4 Å². The zero-order valence-corrected chi connectivity index (χ0v) is 52.8. The van der Waals surface area contributed by atoms with Gasteiger partial charge in [0.05, 0.1) is 5.69 Å². The third kappa shape index (κ3) is 11.9. The molecular formula is C74H54F4IrN8Pt-3. The van der Waals surface area contributed by atoms with Gasteiger partial charge in [0.1, 0.15) is 0 Å². The van der Waals surface area contributed by atoms with Gasteiger partial charge >= 0.3 is 20.1 Å². The molecule has 88 heavy (non-hydrogen) atoms. The van der Waals surface area contributed by atoms with Crippen molar-refractivity contribution in [3.63, 3.8) is 0 Å². The summed E-state index contributed by atoms with van der Waals surface area (Å²) in [7, 11) is 0. The molecule has 1 fully saturated rings. The average Bonchev–Trinajstić information content (AvgIpc) is 1.48. The van der Waals surface area contributed by atoms with Crippen LogP contribution in [0.4, 0.5) is 17.6 Å². The molecule has 1 aliphatic heterocycles. The Balaban J connectivity index is 0.000000154. The van der Waals surface area contributed by atoms with E-state index in [9.17, 15) is 17.6 Å². The Labute approximate surface area is 536 Å². The van der Waals surface area contributed by atoms with Crippen LogP contribution < -0.4 is 0 Å². The fraction of sp³-hybridized carbons (Fsp3) is 0.135. The number of hydrogen-bond donors (Lipinski definition) is 0. The van der Waals surface area contributed by atoms with Crippen molar-refractivity contribution in [1.82, 2.24) is 33.9 Å². The largest absolute Gasteiger partial charge is 3.00 e. The topological polar surface area (TPSA) is 80.5 Å². The van der Waals surface area contributed by atoms with Crippen LogP contribution in [0.2, 0.25) is 0 Å². The predicted molar refractivity (Wildman–Crippen MR) is 333 cm³/mol. The van der Waals surface area contributed by atoms with Crippen LogP contribution in [-0.4, -0.2) is 40.4 Å². The van der Waals surface area contributed by atoms with Gasteiger partial charge in [-0.3, -0.25) is 22.2 Å². The molecule has 7 aromatic carbocycles. The minimum atomic E-state index is -0.649. The van der Waals surface area contributed by atoms with E-state index >= 15 is 0 Å². The Kier molecular flexibility index (Phi) is 17.9. The summed E-state index contributed by atoms with van der Waals surface area (Å²) in [6.07, 6.45) is 9.76. The molecule has 14 heteroatoms. The number of hydrogen-bond acceptors (Lipinski definition) is 4. The third-order valence-electron chi connectivity index (χ3n) is 16.5. The van der Waals surface area contributed by atoms with Crippen molar-refractivity contribution >= 4 is 49.4 Å². The van der Waals surface area contributed by atoms with Gasteiger partial charge in [-0.2, -0.15) is 23.3 Å². The average molecular weight is 1520 g/mol. The number of nitrogens with zero attached hydrogens (tertiary/aromatic N) is 8. The van der Waals surface area contributed by atoms with Crippen molar-refractivity contribution in [3.8, 4) is 45.1 Å². The third-order valence-corrected chi connectivity index (χ3v) is 16.5. The summed E-state index contributed by atoms with van der Waals surface area (Å²) in [5, 5.41) is 14.8. The van der Waals surface area contributed by atoms with Crippen molar-refractivity contribution < 1.29 is 58.7 Å². The van der Waals surface area contributed by atoms with Gasteiger partial charge in [0.2, 0.25) is 0 Å². The molecule has 17 rings (SSSR count). The summed E-state index contributed by atoms with van der Waals surface area (Å²) in [5.41, 5.74) is 15.2. The number of aryl methyl sites for hydroxylation is 2. The van der Waals surface area contributed by atoms with E-state index in [1.165, 1.54) is 40.1 Å². The normalized spacial score (nSPS) is 15.2. The Morgan fingerprint density at radius 3 is 1.64 bits per heavy atom. The maximum atomic E-state index is 13.2. The number of para-hydroxylation sites is 2. The second kappa shape index (κ2) is 25.8. The first kappa shape index (κ1) is 60.8. The van der Waals surface area contributed by atoms with Crippen LogP contribution in [0.3, 0.4) is 0 Å². The minimum Gasteiger partial charge on any atom is -0.461 e. The second-order valence-electron chi connectivity index (χ2n) is 22.1. The second-order valence-corrected chi connectivity index (χ2v) is 22.1. The number of benzene rings is 7. The molecule has 0 N–H and O–H groups in total. The molecule has 3 aliphatic carbocycles. The van der Waals surface area contributed by atoms with Gasteiger partial charge in [-0.05, 0) is 120 Å². The standard InChI is InChI=1S/C41H34N5.2C11H6F2N.C11H8N.Ir.Pt/c1-24-17-25(2)46(43-24)29-14-16-32-30-9-5-7-11-36(30)44(38(32)22-29)28-13-15-33-31-10-6-8-12-37(31)45(39(33)21-28)40-19-26-18-27-20-35(41(27,3)4)34(26)23-42-40;2*12-8-4-5-9(10(13)7-8)11-3-1-2-6-14-11;1-2-6-10(7-3-1)11-8-4-5-9-12-11;;/h5-17,19,27,35H,18,20,23H2,1-4H3;2*1-4,6-7H;1-6,8-9H;;/q-3;3*-1;+3;. The number of fused-ring (bicyclic) bond motifs is 6. The maximum absolute atomic E-state index is 13.2. The molecule has 2 unspecified atom stereocenters. The number of pyridine rings is 3. The van der Waals surface area contributed by atoms with Crippen LogP contribution in [0, 0.1) is 84.7 Å². The monoisotopic (exact) mass is 1520 g/mol. The van der Waals surface area contributed by atoms with Crippen molar-refractivity contribution in [3.05, 3.63) is 288 Å². The van der Waals surface area contributed by atoms with Gasteiger partial charge in [-0.25, -0.2) is 0 Å².